The third kappa shape index (κ3) is 3.01. The van der Waals surface area contributed by atoms with Crippen LogP contribution in [0, 0.1) is 20.8 Å². The molecule has 3 rings (SSSR count). The molecule has 23 heavy (non-hydrogen) atoms. The van der Waals surface area contributed by atoms with Crippen LogP contribution in [-0.4, -0.2) is 44.9 Å². The van der Waals surface area contributed by atoms with Crippen LogP contribution in [0.4, 0.5) is 0 Å². The normalized spacial score (nSPS) is 14.1. The molecule has 0 radical (unpaired) electrons. The molecule has 0 saturated heterocycles. The molecule has 1 saturated carbocycles. The topological polar surface area (TPSA) is 58.4 Å². The molecule has 1 amide bonds. The number of aromatic nitrogens is 2. The van der Waals surface area contributed by atoms with Gasteiger partial charge in [0.1, 0.15) is 0 Å². The number of aliphatic hydroxyl groups excluding tert-OH is 1. The van der Waals surface area contributed by atoms with Crippen LogP contribution in [0.15, 0.2) is 24.4 Å². The zero-order valence-corrected chi connectivity index (χ0v) is 13.9. The van der Waals surface area contributed by atoms with Gasteiger partial charge < -0.3 is 10.0 Å². The maximum atomic E-state index is 12.8. The SMILES string of the molecule is Cc1ccc(C)c(-n2ncc(C(=O)N(CCO)C3CC3)c2C)c1. The van der Waals surface area contributed by atoms with Crippen molar-refractivity contribution in [2.75, 3.05) is 13.2 Å². The minimum atomic E-state index is -0.0318. The van der Waals surface area contributed by atoms with Crippen molar-refractivity contribution >= 4 is 5.91 Å². The molecule has 5 nitrogen and oxygen atoms in total. The van der Waals surface area contributed by atoms with E-state index in [1.807, 2.05) is 25.5 Å². The average molecular weight is 313 g/mol. The number of hydrogen-bond donors (Lipinski definition) is 1. The van der Waals surface area contributed by atoms with Crippen LogP contribution in [0.25, 0.3) is 5.69 Å². The van der Waals surface area contributed by atoms with Crippen LogP contribution in [0.2, 0.25) is 0 Å². The van der Waals surface area contributed by atoms with E-state index in [1.165, 1.54) is 0 Å². The van der Waals surface area contributed by atoms with Gasteiger partial charge in [-0.3, -0.25) is 4.79 Å². The summed E-state index contributed by atoms with van der Waals surface area (Å²) < 4.78 is 1.83. The largest absolute Gasteiger partial charge is 0.395 e. The third-order valence-electron chi connectivity index (χ3n) is 4.42. The van der Waals surface area contributed by atoms with Gasteiger partial charge >= 0.3 is 0 Å². The maximum Gasteiger partial charge on any atom is 0.257 e. The first-order valence-electron chi connectivity index (χ1n) is 8.07. The van der Waals surface area contributed by atoms with Crippen LogP contribution in [-0.2, 0) is 0 Å². The molecular formula is C18H23N3O2. The standard InChI is InChI=1S/C18H23N3O2/c1-12-4-5-13(2)17(10-12)21-14(3)16(11-19-21)18(23)20(8-9-22)15-6-7-15/h4-5,10-11,15,22H,6-9H2,1-3H3. The molecule has 1 aliphatic carbocycles. The Morgan fingerprint density at radius 3 is 2.74 bits per heavy atom. The van der Waals surface area contributed by atoms with Crippen molar-refractivity contribution in [1.29, 1.82) is 0 Å². The predicted octanol–water partition coefficient (Wildman–Crippen LogP) is 2.39. The molecule has 1 heterocycles. The van der Waals surface area contributed by atoms with Crippen LogP contribution in [0.1, 0.15) is 40.0 Å². The van der Waals surface area contributed by atoms with Crippen LogP contribution in [0.3, 0.4) is 0 Å². The number of benzene rings is 1. The summed E-state index contributed by atoms with van der Waals surface area (Å²) in [5.74, 6) is -0.0318. The smallest absolute Gasteiger partial charge is 0.257 e. The number of aryl methyl sites for hydroxylation is 2. The Bertz CT molecular complexity index is 732. The highest BCUT2D eigenvalue weighted by molar-refractivity contribution is 5.95. The first-order chi connectivity index (χ1) is 11.0. The van der Waals surface area contributed by atoms with E-state index in [2.05, 4.69) is 23.3 Å². The molecule has 1 aromatic carbocycles. The second kappa shape index (κ2) is 6.16. The van der Waals surface area contributed by atoms with Gasteiger partial charge in [0.2, 0.25) is 0 Å². The molecule has 1 aromatic heterocycles. The quantitative estimate of drug-likeness (QED) is 0.922. The average Bonchev–Trinajstić information content (AvgIpc) is 3.29. The molecular weight excluding hydrogens is 290 g/mol. The number of aliphatic hydroxyl groups is 1. The Balaban J connectivity index is 1.95. The summed E-state index contributed by atoms with van der Waals surface area (Å²) in [5, 5.41) is 13.7. The highest BCUT2D eigenvalue weighted by atomic mass is 16.3. The van der Waals surface area contributed by atoms with Gasteiger partial charge in [0.25, 0.3) is 5.91 Å². The Morgan fingerprint density at radius 1 is 1.35 bits per heavy atom. The lowest BCUT2D eigenvalue weighted by Crippen LogP contribution is -2.35. The summed E-state index contributed by atoms with van der Waals surface area (Å²) in [6.07, 6.45) is 3.69. The zero-order chi connectivity index (χ0) is 16.6. The molecule has 5 heteroatoms. The van der Waals surface area contributed by atoms with E-state index in [0.29, 0.717) is 12.1 Å². The van der Waals surface area contributed by atoms with Gasteiger partial charge in [0.15, 0.2) is 0 Å². The summed E-state index contributed by atoms with van der Waals surface area (Å²) in [6.45, 7) is 6.39. The summed E-state index contributed by atoms with van der Waals surface area (Å²) in [4.78, 5) is 14.6. The Hall–Kier alpha value is -2.14. The van der Waals surface area contributed by atoms with Gasteiger partial charge in [-0.05, 0) is 50.8 Å². The fourth-order valence-corrected chi connectivity index (χ4v) is 2.91. The van der Waals surface area contributed by atoms with Crippen molar-refractivity contribution in [2.45, 2.75) is 39.7 Å². The van der Waals surface area contributed by atoms with Gasteiger partial charge in [0, 0.05) is 12.6 Å². The first-order valence-corrected chi connectivity index (χ1v) is 8.07. The van der Waals surface area contributed by atoms with E-state index in [4.69, 9.17) is 0 Å². The molecule has 0 aliphatic heterocycles. The summed E-state index contributed by atoms with van der Waals surface area (Å²) in [6, 6.07) is 6.49. The minimum absolute atomic E-state index is 0.00753. The Kier molecular flexibility index (Phi) is 4.22. The lowest BCUT2D eigenvalue weighted by molar-refractivity contribution is 0.0707. The second-order valence-corrected chi connectivity index (χ2v) is 6.30. The van der Waals surface area contributed by atoms with Crippen molar-refractivity contribution in [2.24, 2.45) is 0 Å². The third-order valence-corrected chi connectivity index (χ3v) is 4.42. The number of amides is 1. The van der Waals surface area contributed by atoms with Gasteiger partial charge in [-0.2, -0.15) is 5.10 Å². The number of hydrogen-bond acceptors (Lipinski definition) is 3. The van der Waals surface area contributed by atoms with Gasteiger partial charge in [-0.25, -0.2) is 4.68 Å². The summed E-state index contributed by atoms with van der Waals surface area (Å²) in [7, 11) is 0. The minimum Gasteiger partial charge on any atom is -0.395 e. The van der Waals surface area contributed by atoms with E-state index in [9.17, 15) is 9.90 Å². The fourth-order valence-electron chi connectivity index (χ4n) is 2.91. The van der Waals surface area contributed by atoms with Crippen molar-refractivity contribution in [3.8, 4) is 5.69 Å². The molecule has 2 aromatic rings. The van der Waals surface area contributed by atoms with E-state index in [1.54, 1.807) is 11.1 Å². The lowest BCUT2D eigenvalue weighted by atomic mass is 10.1. The molecule has 122 valence electrons. The first kappa shape index (κ1) is 15.7. The van der Waals surface area contributed by atoms with Crippen LogP contribution in [0.5, 0.6) is 0 Å². The fraction of sp³-hybridized carbons (Fsp3) is 0.444. The number of nitrogens with zero attached hydrogens (tertiary/aromatic N) is 3. The van der Waals surface area contributed by atoms with E-state index in [0.717, 1.165) is 35.3 Å². The summed E-state index contributed by atoms with van der Waals surface area (Å²) >= 11 is 0. The van der Waals surface area contributed by atoms with E-state index < -0.39 is 0 Å². The van der Waals surface area contributed by atoms with Crippen molar-refractivity contribution < 1.29 is 9.90 Å². The number of carbonyl (C=O) groups is 1. The Morgan fingerprint density at radius 2 is 2.09 bits per heavy atom. The zero-order valence-electron chi connectivity index (χ0n) is 13.9. The second-order valence-electron chi connectivity index (χ2n) is 6.30. The monoisotopic (exact) mass is 313 g/mol. The lowest BCUT2D eigenvalue weighted by Gasteiger charge is -2.21. The summed E-state index contributed by atoms with van der Waals surface area (Å²) in [5.41, 5.74) is 4.74. The van der Waals surface area contributed by atoms with Crippen molar-refractivity contribution in [1.82, 2.24) is 14.7 Å². The Labute approximate surface area is 136 Å². The number of rotatable bonds is 5. The van der Waals surface area contributed by atoms with E-state index >= 15 is 0 Å². The van der Waals surface area contributed by atoms with Gasteiger partial charge in [-0.1, -0.05) is 12.1 Å². The highest BCUT2D eigenvalue weighted by Crippen LogP contribution is 2.29. The van der Waals surface area contributed by atoms with E-state index in [-0.39, 0.29) is 18.6 Å². The molecule has 1 N–H and O–H groups in total. The van der Waals surface area contributed by atoms with Crippen LogP contribution >= 0.6 is 0 Å². The van der Waals surface area contributed by atoms with Gasteiger partial charge in [0.05, 0.1) is 29.7 Å². The molecule has 0 bridgehead atoms. The molecule has 1 aliphatic rings. The molecule has 1 fully saturated rings. The molecule has 0 spiro atoms. The van der Waals surface area contributed by atoms with Crippen molar-refractivity contribution in [3.05, 3.63) is 46.8 Å². The van der Waals surface area contributed by atoms with Crippen LogP contribution < -0.4 is 0 Å². The number of carbonyl (C=O) groups excluding carboxylic acids is 1. The maximum absolute atomic E-state index is 12.8. The van der Waals surface area contributed by atoms with Crippen molar-refractivity contribution in [3.63, 3.8) is 0 Å². The molecule has 0 unspecified atom stereocenters. The highest BCUT2D eigenvalue weighted by Gasteiger charge is 2.34. The predicted molar refractivity (Wildman–Crippen MR) is 88.9 cm³/mol. The van der Waals surface area contributed by atoms with Gasteiger partial charge in [-0.15, -0.1) is 0 Å². The molecule has 0 atom stereocenters.